The van der Waals surface area contributed by atoms with Crippen LogP contribution in [-0.4, -0.2) is 61.3 Å². The minimum Gasteiger partial charge on any atom is -0.497 e. The third-order valence-corrected chi connectivity index (χ3v) is 6.13. The Morgan fingerprint density at radius 3 is 2.58 bits per heavy atom. The number of carbonyl (C=O) groups excluding carboxylic acids is 1. The first-order chi connectivity index (χ1) is 15.9. The molecule has 1 fully saturated rings. The largest absolute Gasteiger partial charge is 0.497 e. The van der Waals surface area contributed by atoms with Crippen molar-refractivity contribution in [1.82, 2.24) is 15.0 Å². The van der Waals surface area contributed by atoms with Crippen molar-refractivity contribution in [2.45, 2.75) is 13.5 Å². The molecule has 0 unspecified atom stereocenters. The van der Waals surface area contributed by atoms with E-state index in [-0.39, 0.29) is 27.8 Å². The van der Waals surface area contributed by atoms with Crippen molar-refractivity contribution in [2.75, 3.05) is 40.4 Å². The Balaban J connectivity index is 1.49. The number of rotatable bonds is 6. The van der Waals surface area contributed by atoms with Crippen LogP contribution in [0.1, 0.15) is 21.7 Å². The first-order valence-corrected chi connectivity index (χ1v) is 10.9. The molecule has 1 amide bonds. The van der Waals surface area contributed by atoms with Gasteiger partial charge in [0.1, 0.15) is 34.3 Å². The molecule has 0 atom stereocenters. The second kappa shape index (κ2) is 9.80. The zero-order chi connectivity index (χ0) is 23.5. The molecule has 0 aliphatic carbocycles. The van der Waals surface area contributed by atoms with E-state index >= 15 is 0 Å². The molecular weight excluding hydrogens is 449 g/mol. The van der Waals surface area contributed by atoms with Gasteiger partial charge in [0.25, 0.3) is 5.91 Å². The van der Waals surface area contributed by atoms with Gasteiger partial charge in [0.15, 0.2) is 0 Å². The Kier molecular flexibility index (Phi) is 6.85. The van der Waals surface area contributed by atoms with E-state index in [2.05, 4.69) is 10.1 Å². The first kappa shape index (κ1) is 23.1. The molecule has 9 heteroatoms. The fourth-order valence-corrected chi connectivity index (χ4v) is 4.28. The lowest BCUT2D eigenvalue weighted by atomic mass is 10.0. The van der Waals surface area contributed by atoms with Crippen LogP contribution in [0, 0.1) is 12.7 Å². The van der Waals surface area contributed by atoms with Gasteiger partial charge >= 0.3 is 0 Å². The lowest BCUT2D eigenvalue weighted by Gasteiger charge is -2.35. The van der Waals surface area contributed by atoms with E-state index in [9.17, 15) is 9.18 Å². The number of aromatic nitrogens is 1. The maximum atomic E-state index is 14.5. The lowest BCUT2D eigenvalue weighted by molar-refractivity contribution is 0.0626. The highest BCUT2D eigenvalue weighted by Crippen LogP contribution is 2.34. The predicted molar refractivity (Wildman–Crippen MR) is 122 cm³/mol. The van der Waals surface area contributed by atoms with Gasteiger partial charge in [-0.25, -0.2) is 4.39 Å². The molecule has 7 nitrogen and oxygen atoms in total. The van der Waals surface area contributed by atoms with Crippen molar-refractivity contribution in [3.05, 3.63) is 64.1 Å². The highest BCUT2D eigenvalue weighted by atomic mass is 35.5. The van der Waals surface area contributed by atoms with Gasteiger partial charge in [0.2, 0.25) is 0 Å². The van der Waals surface area contributed by atoms with Crippen molar-refractivity contribution in [3.8, 4) is 22.8 Å². The van der Waals surface area contributed by atoms with E-state index in [1.165, 1.54) is 12.1 Å². The van der Waals surface area contributed by atoms with Crippen molar-refractivity contribution >= 4 is 17.5 Å². The van der Waals surface area contributed by atoms with Crippen LogP contribution in [0.25, 0.3) is 11.3 Å². The summed E-state index contributed by atoms with van der Waals surface area (Å²) in [4.78, 5) is 17.3. The van der Waals surface area contributed by atoms with Gasteiger partial charge in [0.05, 0.1) is 24.8 Å². The monoisotopic (exact) mass is 473 g/mol. The number of benzene rings is 2. The average Bonchev–Trinajstić information content (AvgIpc) is 3.19. The number of hydrogen-bond donors (Lipinski definition) is 0. The number of halogens is 2. The number of piperazine rings is 1. The van der Waals surface area contributed by atoms with Crippen LogP contribution in [0.15, 0.2) is 40.9 Å². The van der Waals surface area contributed by atoms with Gasteiger partial charge in [-0.2, -0.15) is 0 Å². The summed E-state index contributed by atoms with van der Waals surface area (Å²) < 4.78 is 30.6. The number of aryl methyl sites for hydroxylation is 1. The van der Waals surface area contributed by atoms with Crippen LogP contribution < -0.4 is 9.47 Å². The number of carbonyl (C=O) groups is 1. The molecule has 0 N–H and O–H groups in total. The van der Waals surface area contributed by atoms with Gasteiger partial charge in [0, 0.05) is 38.3 Å². The number of hydrogen-bond acceptors (Lipinski definition) is 6. The molecule has 0 radical (unpaired) electrons. The third kappa shape index (κ3) is 4.67. The van der Waals surface area contributed by atoms with Gasteiger partial charge < -0.3 is 18.9 Å². The van der Waals surface area contributed by atoms with Crippen molar-refractivity contribution in [1.29, 1.82) is 0 Å². The molecule has 2 aromatic carbocycles. The molecule has 3 aromatic rings. The number of methoxy groups -OCH3 is 2. The van der Waals surface area contributed by atoms with E-state index < -0.39 is 5.82 Å². The highest BCUT2D eigenvalue weighted by Gasteiger charge is 2.30. The zero-order valence-corrected chi connectivity index (χ0v) is 19.5. The molecule has 4 rings (SSSR count). The van der Waals surface area contributed by atoms with Crippen LogP contribution in [-0.2, 0) is 6.54 Å². The summed E-state index contributed by atoms with van der Waals surface area (Å²) in [6, 6.07) is 10.1. The lowest BCUT2D eigenvalue weighted by Crippen LogP contribution is -2.48. The van der Waals surface area contributed by atoms with Crippen molar-refractivity contribution in [3.63, 3.8) is 0 Å². The van der Waals surface area contributed by atoms with E-state index in [4.69, 9.17) is 25.6 Å². The Morgan fingerprint density at radius 1 is 1.15 bits per heavy atom. The fourth-order valence-electron chi connectivity index (χ4n) is 4.03. The van der Waals surface area contributed by atoms with E-state index in [1.54, 1.807) is 32.1 Å². The highest BCUT2D eigenvalue weighted by molar-refractivity contribution is 6.33. The number of amides is 1. The van der Waals surface area contributed by atoms with Gasteiger partial charge in [-0.05, 0) is 37.3 Å². The first-order valence-electron chi connectivity index (χ1n) is 10.6. The molecular formula is C24H25ClFN3O4. The standard InChI is InChI=1S/C24H25ClFN3O4/c1-15-21(23(27-33-15)22-18(25)5-4-6-19(22)26)24(30)29-11-9-28(10-12-29)14-16-13-17(31-2)7-8-20(16)32-3/h4-8,13H,9-12,14H2,1-3H3. The Labute approximate surface area is 196 Å². The molecule has 1 aromatic heterocycles. The minimum absolute atomic E-state index is 0.0723. The molecule has 1 aliphatic heterocycles. The molecule has 2 heterocycles. The maximum Gasteiger partial charge on any atom is 0.259 e. The normalized spacial score (nSPS) is 14.4. The Bertz CT molecular complexity index is 1140. The number of nitrogens with zero attached hydrogens (tertiary/aromatic N) is 3. The van der Waals surface area contributed by atoms with Crippen LogP contribution >= 0.6 is 11.6 Å². The molecule has 174 valence electrons. The van der Waals surface area contributed by atoms with Crippen molar-refractivity contribution in [2.24, 2.45) is 0 Å². The van der Waals surface area contributed by atoms with Crippen molar-refractivity contribution < 1.29 is 23.2 Å². The van der Waals surface area contributed by atoms with Crippen LogP contribution in [0.2, 0.25) is 5.02 Å². The fraction of sp³-hybridized carbons (Fsp3) is 0.333. The molecule has 0 bridgehead atoms. The van der Waals surface area contributed by atoms with E-state index in [0.717, 1.165) is 17.1 Å². The Morgan fingerprint density at radius 2 is 1.91 bits per heavy atom. The summed E-state index contributed by atoms with van der Waals surface area (Å²) in [6.07, 6.45) is 0. The zero-order valence-electron chi connectivity index (χ0n) is 18.7. The predicted octanol–water partition coefficient (Wildman–Crippen LogP) is 4.42. The van der Waals surface area contributed by atoms with Crippen LogP contribution in [0.5, 0.6) is 11.5 Å². The molecule has 1 saturated heterocycles. The SMILES string of the molecule is COc1ccc(OC)c(CN2CCN(C(=O)c3c(-c4c(F)cccc4Cl)noc3C)CC2)c1. The second-order valence-electron chi connectivity index (χ2n) is 7.81. The number of ether oxygens (including phenoxy) is 2. The summed E-state index contributed by atoms with van der Waals surface area (Å²) in [6.45, 7) is 4.69. The second-order valence-corrected chi connectivity index (χ2v) is 8.21. The summed E-state index contributed by atoms with van der Waals surface area (Å²) in [5.74, 6) is 1.09. The molecule has 0 spiro atoms. The van der Waals surface area contributed by atoms with Gasteiger partial charge in [-0.3, -0.25) is 9.69 Å². The van der Waals surface area contributed by atoms with Gasteiger partial charge in [-0.1, -0.05) is 22.8 Å². The molecule has 0 saturated carbocycles. The van der Waals surface area contributed by atoms with E-state index in [1.807, 2.05) is 18.2 Å². The summed E-state index contributed by atoms with van der Waals surface area (Å²) in [5, 5.41) is 4.12. The maximum absolute atomic E-state index is 14.5. The van der Waals surface area contributed by atoms with E-state index in [0.29, 0.717) is 38.5 Å². The third-order valence-electron chi connectivity index (χ3n) is 5.82. The Hall–Kier alpha value is -3.10. The minimum atomic E-state index is -0.554. The summed E-state index contributed by atoms with van der Waals surface area (Å²) >= 11 is 6.21. The van der Waals surface area contributed by atoms with Gasteiger partial charge in [-0.15, -0.1) is 0 Å². The van der Waals surface area contributed by atoms with Crippen LogP contribution in [0.3, 0.4) is 0 Å². The van der Waals surface area contributed by atoms with Crippen LogP contribution in [0.4, 0.5) is 4.39 Å². The smallest absolute Gasteiger partial charge is 0.259 e. The summed E-state index contributed by atoms with van der Waals surface area (Å²) in [7, 11) is 3.27. The molecule has 33 heavy (non-hydrogen) atoms. The topological polar surface area (TPSA) is 68.0 Å². The quantitative estimate of drug-likeness (QED) is 0.528. The summed E-state index contributed by atoms with van der Waals surface area (Å²) in [5.41, 5.74) is 1.46. The molecule has 1 aliphatic rings. The average molecular weight is 474 g/mol.